The number of carbonyl (C=O) groups excluding carboxylic acids is 1. The third-order valence-corrected chi connectivity index (χ3v) is 3.92. The van der Waals surface area contributed by atoms with Crippen molar-refractivity contribution in [3.63, 3.8) is 0 Å². The average molecular weight is 339 g/mol. The van der Waals surface area contributed by atoms with Crippen LogP contribution in [0, 0.1) is 10.1 Å². The van der Waals surface area contributed by atoms with Gasteiger partial charge in [-0.2, -0.15) is 5.10 Å². The van der Waals surface area contributed by atoms with Gasteiger partial charge in [0.05, 0.1) is 17.1 Å². The van der Waals surface area contributed by atoms with Gasteiger partial charge in [0.25, 0.3) is 5.91 Å². The summed E-state index contributed by atoms with van der Waals surface area (Å²) in [6, 6.07) is 0. The van der Waals surface area contributed by atoms with E-state index in [4.69, 9.17) is 4.74 Å². The zero-order valence-electron chi connectivity index (χ0n) is 14.4. The van der Waals surface area contributed by atoms with E-state index in [-0.39, 0.29) is 23.6 Å². The van der Waals surface area contributed by atoms with Crippen LogP contribution in [0.2, 0.25) is 0 Å². The lowest BCUT2D eigenvalue weighted by Gasteiger charge is -2.35. The molecule has 2 atom stereocenters. The second-order valence-electron chi connectivity index (χ2n) is 6.18. The highest BCUT2D eigenvalue weighted by Gasteiger charge is 2.28. The van der Waals surface area contributed by atoms with Crippen molar-refractivity contribution >= 4 is 11.6 Å². The van der Waals surface area contributed by atoms with E-state index in [0.29, 0.717) is 25.2 Å². The van der Waals surface area contributed by atoms with Gasteiger partial charge in [-0.25, -0.2) is 0 Å². The fraction of sp³-hybridized carbons (Fsp3) is 0.733. The summed E-state index contributed by atoms with van der Waals surface area (Å²) in [5, 5.41) is 20.4. The van der Waals surface area contributed by atoms with Crippen LogP contribution in [0.3, 0.4) is 0 Å². The molecule has 1 aromatic rings. The molecule has 0 bridgehead atoms. The van der Waals surface area contributed by atoms with Gasteiger partial charge in [-0.15, -0.1) is 0 Å². The summed E-state index contributed by atoms with van der Waals surface area (Å²) in [6.45, 7) is 8.64. The summed E-state index contributed by atoms with van der Waals surface area (Å²) in [7, 11) is 0. The summed E-state index contributed by atoms with van der Waals surface area (Å²) >= 11 is 0. The Morgan fingerprint density at radius 1 is 1.46 bits per heavy atom. The van der Waals surface area contributed by atoms with Crippen molar-refractivity contribution in [3.8, 4) is 0 Å². The van der Waals surface area contributed by atoms with E-state index in [1.807, 2.05) is 20.8 Å². The Morgan fingerprint density at radius 2 is 2.12 bits per heavy atom. The molecule has 134 valence electrons. The number of carbonyl (C=O) groups is 1. The minimum absolute atomic E-state index is 0.146. The molecule has 1 aliphatic rings. The molecule has 2 rings (SSSR count). The van der Waals surface area contributed by atoms with Crippen molar-refractivity contribution in [2.75, 3.05) is 26.2 Å². The van der Waals surface area contributed by atoms with Crippen molar-refractivity contribution < 1.29 is 14.5 Å². The van der Waals surface area contributed by atoms with Crippen LogP contribution in [-0.4, -0.2) is 64.3 Å². The van der Waals surface area contributed by atoms with Crippen molar-refractivity contribution in [3.05, 3.63) is 21.5 Å². The lowest BCUT2D eigenvalue weighted by Crippen LogP contribution is -2.47. The first kappa shape index (κ1) is 18.3. The second-order valence-corrected chi connectivity index (χ2v) is 6.18. The Morgan fingerprint density at radius 3 is 2.71 bits per heavy atom. The molecule has 0 aromatic carbocycles. The number of hydrogen-bond acceptors (Lipinski definition) is 6. The number of morpholine rings is 1. The Labute approximate surface area is 140 Å². The SMILES string of the molecule is CCCc1[nH]nc(C(=O)NCCN2CC(C)OC(C)C2)c1[N+](=O)[O-]. The maximum atomic E-state index is 12.2. The smallest absolute Gasteiger partial charge is 0.322 e. The third kappa shape index (κ3) is 4.51. The molecule has 2 heterocycles. The van der Waals surface area contributed by atoms with Gasteiger partial charge in [0, 0.05) is 26.2 Å². The van der Waals surface area contributed by atoms with E-state index >= 15 is 0 Å². The van der Waals surface area contributed by atoms with Gasteiger partial charge in [0.15, 0.2) is 0 Å². The Bertz CT molecular complexity index is 578. The first-order chi connectivity index (χ1) is 11.4. The van der Waals surface area contributed by atoms with Crippen molar-refractivity contribution in [2.24, 2.45) is 0 Å². The fourth-order valence-corrected chi connectivity index (χ4v) is 3.03. The summed E-state index contributed by atoms with van der Waals surface area (Å²) in [5.74, 6) is -0.519. The number of H-pyrrole nitrogens is 1. The molecule has 1 aliphatic heterocycles. The monoisotopic (exact) mass is 339 g/mol. The number of nitrogens with one attached hydrogen (secondary N) is 2. The molecule has 2 unspecified atom stereocenters. The maximum absolute atomic E-state index is 12.2. The number of ether oxygens (including phenoxy) is 1. The Hall–Kier alpha value is -2.00. The molecule has 9 nitrogen and oxygen atoms in total. The molecule has 9 heteroatoms. The first-order valence-corrected chi connectivity index (χ1v) is 8.30. The van der Waals surface area contributed by atoms with Crippen molar-refractivity contribution in [2.45, 2.75) is 45.8 Å². The van der Waals surface area contributed by atoms with E-state index in [1.165, 1.54) is 0 Å². The van der Waals surface area contributed by atoms with Crippen LogP contribution in [0.25, 0.3) is 0 Å². The Balaban J connectivity index is 1.92. The minimum Gasteiger partial charge on any atom is -0.373 e. The van der Waals surface area contributed by atoms with E-state index in [9.17, 15) is 14.9 Å². The van der Waals surface area contributed by atoms with E-state index in [1.54, 1.807) is 0 Å². The van der Waals surface area contributed by atoms with Gasteiger partial charge >= 0.3 is 5.69 Å². The summed E-state index contributed by atoms with van der Waals surface area (Å²) < 4.78 is 5.66. The minimum atomic E-state index is -0.547. The highest BCUT2D eigenvalue weighted by Crippen LogP contribution is 2.22. The number of aryl methyl sites for hydroxylation is 1. The van der Waals surface area contributed by atoms with E-state index in [0.717, 1.165) is 19.5 Å². The van der Waals surface area contributed by atoms with Crippen LogP contribution in [0.1, 0.15) is 43.4 Å². The van der Waals surface area contributed by atoms with Gasteiger partial charge < -0.3 is 10.1 Å². The molecule has 0 spiro atoms. The van der Waals surface area contributed by atoms with Gasteiger partial charge in [0.2, 0.25) is 5.69 Å². The zero-order valence-corrected chi connectivity index (χ0v) is 14.4. The first-order valence-electron chi connectivity index (χ1n) is 8.30. The quantitative estimate of drug-likeness (QED) is 0.568. The van der Waals surface area contributed by atoms with Crippen LogP contribution in [0.5, 0.6) is 0 Å². The topological polar surface area (TPSA) is 113 Å². The molecule has 1 fully saturated rings. The molecule has 2 N–H and O–H groups in total. The van der Waals surface area contributed by atoms with Crippen LogP contribution in [0.4, 0.5) is 5.69 Å². The summed E-state index contributed by atoms with van der Waals surface area (Å²) in [4.78, 5) is 25.1. The van der Waals surface area contributed by atoms with E-state index < -0.39 is 10.8 Å². The molecule has 0 radical (unpaired) electrons. The molecule has 1 saturated heterocycles. The van der Waals surface area contributed by atoms with Crippen LogP contribution < -0.4 is 5.32 Å². The highest BCUT2D eigenvalue weighted by molar-refractivity contribution is 5.96. The molecular formula is C15H25N5O4. The normalized spacial score (nSPS) is 21.6. The standard InChI is InChI=1S/C15H25N5O4/c1-4-5-12-14(20(22)23)13(18-17-12)15(21)16-6-7-19-8-10(2)24-11(3)9-19/h10-11H,4-9H2,1-3H3,(H,16,21)(H,17,18). The molecule has 0 saturated carbocycles. The number of hydrogen-bond donors (Lipinski definition) is 2. The molecule has 24 heavy (non-hydrogen) atoms. The number of rotatable bonds is 7. The Kier molecular flexibility index (Phi) is 6.27. The maximum Gasteiger partial charge on any atom is 0.322 e. The van der Waals surface area contributed by atoms with Crippen molar-refractivity contribution in [1.29, 1.82) is 0 Å². The van der Waals surface area contributed by atoms with Gasteiger partial charge in [0.1, 0.15) is 5.69 Å². The average Bonchev–Trinajstić information content (AvgIpc) is 2.90. The highest BCUT2D eigenvalue weighted by atomic mass is 16.6. The predicted octanol–water partition coefficient (Wildman–Crippen LogP) is 1.11. The number of aromatic nitrogens is 2. The zero-order chi connectivity index (χ0) is 17.7. The van der Waals surface area contributed by atoms with Gasteiger partial charge in [-0.3, -0.25) is 24.9 Å². The molecule has 1 aromatic heterocycles. The van der Waals surface area contributed by atoms with Crippen LogP contribution >= 0.6 is 0 Å². The van der Waals surface area contributed by atoms with Crippen molar-refractivity contribution in [1.82, 2.24) is 20.4 Å². The molecular weight excluding hydrogens is 314 g/mol. The van der Waals surface area contributed by atoms with Gasteiger partial charge in [-0.1, -0.05) is 13.3 Å². The van der Waals surface area contributed by atoms with E-state index in [2.05, 4.69) is 20.4 Å². The second kappa shape index (κ2) is 8.20. The predicted molar refractivity (Wildman–Crippen MR) is 88.0 cm³/mol. The largest absolute Gasteiger partial charge is 0.373 e. The lowest BCUT2D eigenvalue weighted by atomic mass is 10.2. The number of amides is 1. The van der Waals surface area contributed by atoms with Crippen LogP contribution in [0.15, 0.2) is 0 Å². The van der Waals surface area contributed by atoms with Crippen LogP contribution in [-0.2, 0) is 11.2 Å². The fourth-order valence-electron chi connectivity index (χ4n) is 3.03. The summed E-state index contributed by atoms with van der Waals surface area (Å²) in [5.41, 5.74) is 0.0265. The molecule has 1 amide bonds. The lowest BCUT2D eigenvalue weighted by molar-refractivity contribution is -0.385. The number of nitro groups is 1. The number of nitrogens with zero attached hydrogens (tertiary/aromatic N) is 3. The third-order valence-electron chi connectivity index (χ3n) is 3.92. The molecule has 0 aliphatic carbocycles. The summed E-state index contributed by atoms with van der Waals surface area (Å²) in [6.07, 6.45) is 1.54. The number of aromatic amines is 1. The van der Waals surface area contributed by atoms with Gasteiger partial charge in [-0.05, 0) is 20.3 Å².